The van der Waals surface area contributed by atoms with Gasteiger partial charge in [-0.25, -0.2) is 4.98 Å². The molecule has 128 valence electrons. The van der Waals surface area contributed by atoms with Crippen LogP contribution in [0.1, 0.15) is 43.8 Å². The Morgan fingerprint density at radius 1 is 1.25 bits per heavy atom. The molecular formula is C17H22N4O3. The highest BCUT2D eigenvalue weighted by molar-refractivity contribution is 5.79. The van der Waals surface area contributed by atoms with Gasteiger partial charge in [-0.15, -0.1) is 0 Å². The Balaban J connectivity index is 1.65. The lowest BCUT2D eigenvalue weighted by molar-refractivity contribution is -0.142. The number of aromatic nitrogens is 3. The summed E-state index contributed by atoms with van der Waals surface area (Å²) >= 11 is 0. The van der Waals surface area contributed by atoms with Crippen molar-refractivity contribution >= 4 is 11.7 Å². The topological polar surface area (TPSA) is 79.7 Å². The molecule has 0 aromatic carbocycles. The molecule has 2 aliphatic heterocycles. The van der Waals surface area contributed by atoms with Gasteiger partial charge in [-0.3, -0.25) is 14.0 Å². The second-order valence-electron chi connectivity index (χ2n) is 6.61. The van der Waals surface area contributed by atoms with Crippen LogP contribution in [0.15, 0.2) is 23.3 Å². The van der Waals surface area contributed by atoms with Crippen LogP contribution in [0, 0.1) is 5.92 Å². The zero-order chi connectivity index (χ0) is 16.5. The summed E-state index contributed by atoms with van der Waals surface area (Å²) in [6.07, 6.45) is 7.77. The zero-order valence-corrected chi connectivity index (χ0v) is 13.6. The average molecular weight is 330 g/mol. The maximum atomic E-state index is 13.0. The van der Waals surface area contributed by atoms with E-state index in [-0.39, 0.29) is 23.4 Å². The van der Waals surface area contributed by atoms with Crippen molar-refractivity contribution < 1.29 is 9.53 Å². The first-order valence-electron chi connectivity index (χ1n) is 8.68. The second-order valence-corrected chi connectivity index (χ2v) is 6.61. The number of nitrogens with one attached hydrogen (secondary N) is 1. The standard InChI is InChI=1S/C17H22N4O3/c22-15-11-13(19-17-18-6-8-21(15)17)14-3-1-2-7-20(14)16(23)12-4-9-24-10-5-12/h6,8,11-12,14H,1-5,7,9-10H2,(H,18,19)/t14-/m0/s1. The molecule has 1 atom stereocenters. The van der Waals surface area contributed by atoms with Gasteiger partial charge < -0.3 is 14.6 Å². The third-order valence-electron chi connectivity index (χ3n) is 5.13. The van der Waals surface area contributed by atoms with Crippen molar-refractivity contribution in [3.05, 3.63) is 34.5 Å². The Labute approximate surface area is 139 Å². The van der Waals surface area contributed by atoms with Gasteiger partial charge in [0.1, 0.15) is 0 Å². The predicted molar refractivity (Wildman–Crippen MR) is 87.7 cm³/mol. The third kappa shape index (κ3) is 2.73. The van der Waals surface area contributed by atoms with E-state index < -0.39 is 0 Å². The summed E-state index contributed by atoms with van der Waals surface area (Å²) in [7, 11) is 0. The number of piperidine rings is 1. The quantitative estimate of drug-likeness (QED) is 0.905. The minimum Gasteiger partial charge on any atom is -0.381 e. The van der Waals surface area contributed by atoms with Gasteiger partial charge in [0.2, 0.25) is 11.7 Å². The lowest BCUT2D eigenvalue weighted by Gasteiger charge is -2.38. The molecule has 2 aromatic heterocycles. The van der Waals surface area contributed by atoms with Crippen molar-refractivity contribution in [1.82, 2.24) is 19.3 Å². The Kier molecular flexibility index (Phi) is 4.10. The van der Waals surface area contributed by atoms with Gasteiger partial charge in [0.05, 0.1) is 6.04 Å². The maximum absolute atomic E-state index is 13.0. The molecular weight excluding hydrogens is 308 g/mol. The van der Waals surface area contributed by atoms with Crippen molar-refractivity contribution in [3.8, 4) is 0 Å². The number of aromatic amines is 1. The molecule has 4 rings (SSSR count). The van der Waals surface area contributed by atoms with Gasteiger partial charge in [0.25, 0.3) is 5.56 Å². The van der Waals surface area contributed by atoms with E-state index in [0.29, 0.717) is 19.0 Å². The Morgan fingerprint density at radius 2 is 2.08 bits per heavy atom. The Morgan fingerprint density at radius 3 is 2.92 bits per heavy atom. The molecule has 0 aliphatic carbocycles. The molecule has 1 amide bonds. The molecule has 2 fully saturated rings. The number of ether oxygens (including phenoxy) is 1. The van der Waals surface area contributed by atoms with Crippen LogP contribution in [0.3, 0.4) is 0 Å². The van der Waals surface area contributed by atoms with Crippen LogP contribution in [0.2, 0.25) is 0 Å². The van der Waals surface area contributed by atoms with Gasteiger partial charge in [-0.1, -0.05) is 0 Å². The van der Waals surface area contributed by atoms with Crippen LogP contribution in [-0.4, -0.2) is 44.9 Å². The van der Waals surface area contributed by atoms with E-state index in [1.165, 1.54) is 4.40 Å². The summed E-state index contributed by atoms with van der Waals surface area (Å²) in [5.74, 6) is 0.773. The SMILES string of the molecule is O=C(C1CCOCC1)N1CCCC[C@H]1c1cc(=O)n2ccnc2[nH]1. The molecule has 1 N–H and O–H groups in total. The van der Waals surface area contributed by atoms with Crippen LogP contribution in [-0.2, 0) is 9.53 Å². The average Bonchev–Trinajstić information content (AvgIpc) is 3.11. The Bertz CT molecular complexity index is 790. The summed E-state index contributed by atoms with van der Waals surface area (Å²) < 4.78 is 6.86. The molecule has 0 spiro atoms. The van der Waals surface area contributed by atoms with Crippen LogP contribution < -0.4 is 5.56 Å². The number of carbonyl (C=O) groups excluding carboxylic acids is 1. The molecule has 7 heteroatoms. The van der Waals surface area contributed by atoms with Crippen molar-refractivity contribution in [2.75, 3.05) is 19.8 Å². The van der Waals surface area contributed by atoms with Crippen molar-refractivity contribution in [2.24, 2.45) is 5.92 Å². The first-order chi connectivity index (χ1) is 11.7. The van der Waals surface area contributed by atoms with Gasteiger partial charge in [-0.2, -0.15) is 0 Å². The number of hydrogen-bond acceptors (Lipinski definition) is 4. The number of imidazole rings is 1. The zero-order valence-electron chi connectivity index (χ0n) is 13.6. The molecule has 0 bridgehead atoms. The van der Waals surface area contributed by atoms with Crippen LogP contribution in [0.5, 0.6) is 0 Å². The largest absolute Gasteiger partial charge is 0.381 e. The maximum Gasteiger partial charge on any atom is 0.259 e. The van der Waals surface area contributed by atoms with Gasteiger partial charge in [0, 0.05) is 49.8 Å². The van der Waals surface area contributed by atoms with Gasteiger partial charge in [0.15, 0.2) is 0 Å². The fraction of sp³-hybridized carbons (Fsp3) is 0.588. The lowest BCUT2D eigenvalue weighted by atomic mass is 9.93. The number of H-pyrrole nitrogens is 1. The van der Waals surface area contributed by atoms with E-state index in [9.17, 15) is 9.59 Å². The highest BCUT2D eigenvalue weighted by Gasteiger charge is 2.33. The fourth-order valence-electron chi connectivity index (χ4n) is 3.82. The number of likely N-dealkylation sites (tertiary alicyclic amines) is 1. The molecule has 0 saturated carbocycles. The summed E-state index contributed by atoms with van der Waals surface area (Å²) in [4.78, 5) is 34.6. The molecule has 0 radical (unpaired) electrons. The fourth-order valence-corrected chi connectivity index (χ4v) is 3.82. The predicted octanol–water partition coefficient (Wildman–Crippen LogP) is 1.50. The van der Waals surface area contributed by atoms with Crippen molar-refractivity contribution in [3.63, 3.8) is 0 Å². The summed E-state index contributed by atoms with van der Waals surface area (Å²) in [6.45, 7) is 2.07. The van der Waals surface area contributed by atoms with E-state index in [2.05, 4.69) is 9.97 Å². The number of hydrogen-bond donors (Lipinski definition) is 1. The highest BCUT2D eigenvalue weighted by Crippen LogP contribution is 2.32. The van der Waals surface area contributed by atoms with E-state index in [1.807, 2.05) is 4.90 Å². The molecule has 2 aliphatic rings. The number of carbonyl (C=O) groups is 1. The summed E-state index contributed by atoms with van der Waals surface area (Å²) in [6, 6.07) is 1.54. The van der Waals surface area contributed by atoms with Gasteiger partial charge in [-0.05, 0) is 32.1 Å². The molecule has 24 heavy (non-hydrogen) atoms. The van der Waals surface area contributed by atoms with E-state index in [0.717, 1.165) is 44.3 Å². The van der Waals surface area contributed by atoms with Crippen molar-refractivity contribution in [2.45, 2.75) is 38.1 Å². The molecule has 0 unspecified atom stereocenters. The molecule has 7 nitrogen and oxygen atoms in total. The van der Waals surface area contributed by atoms with E-state index in [4.69, 9.17) is 4.74 Å². The highest BCUT2D eigenvalue weighted by atomic mass is 16.5. The second kappa shape index (κ2) is 6.39. The van der Waals surface area contributed by atoms with E-state index >= 15 is 0 Å². The molecule has 4 heterocycles. The minimum absolute atomic E-state index is 0.0428. The van der Waals surface area contributed by atoms with Crippen LogP contribution >= 0.6 is 0 Å². The number of amides is 1. The van der Waals surface area contributed by atoms with Crippen LogP contribution in [0.4, 0.5) is 0 Å². The smallest absolute Gasteiger partial charge is 0.259 e. The third-order valence-corrected chi connectivity index (χ3v) is 5.13. The number of fused-ring (bicyclic) bond motifs is 1. The normalized spacial score (nSPS) is 22.8. The first-order valence-corrected chi connectivity index (χ1v) is 8.68. The molecule has 2 saturated heterocycles. The van der Waals surface area contributed by atoms with Crippen molar-refractivity contribution in [1.29, 1.82) is 0 Å². The lowest BCUT2D eigenvalue weighted by Crippen LogP contribution is -2.43. The van der Waals surface area contributed by atoms with E-state index in [1.54, 1.807) is 18.5 Å². The first kappa shape index (κ1) is 15.4. The minimum atomic E-state index is -0.111. The number of nitrogens with zero attached hydrogens (tertiary/aromatic N) is 3. The summed E-state index contributed by atoms with van der Waals surface area (Å²) in [5, 5.41) is 0. The monoisotopic (exact) mass is 330 g/mol. The number of rotatable bonds is 2. The van der Waals surface area contributed by atoms with Gasteiger partial charge >= 0.3 is 0 Å². The molecule has 2 aromatic rings. The summed E-state index contributed by atoms with van der Waals surface area (Å²) in [5.41, 5.74) is 0.680. The van der Waals surface area contributed by atoms with Crippen LogP contribution in [0.25, 0.3) is 5.78 Å². The Hall–Kier alpha value is -2.15.